The minimum atomic E-state index is 0.173. The summed E-state index contributed by atoms with van der Waals surface area (Å²) in [5, 5.41) is 16.7. The van der Waals surface area contributed by atoms with E-state index in [0.717, 1.165) is 42.7 Å². The number of likely N-dealkylation sites (N-methyl/N-ethyl adjacent to an activating group) is 1. The molecule has 0 amide bonds. The number of fused-ring (bicyclic) bond motifs is 1. The lowest BCUT2D eigenvalue weighted by molar-refractivity contribution is 0.201. The van der Waals surface area contributed by atoms with Gasteiger partial charge in [0.1, 0.15) is 11.6 Å². The normalized spacial score (nSPS) is 15.8. The molecule has 0 spiro atoms. The van der Waals surface area contributed by atoms with E-state index < -0.39 is 0 Å². The Morgan fingerprint density at radius 2 is 2.08 bits per heavy atom. The van der Waals surface area contributed by atoms with Crippen molar-refractivity contribution in [3.63, 3.8) is 0 Å². The molecule has 0 saturated heterocycles. The first-order valence-corrected chi connectivity index (χ1v) is 9.03. The van der Waals surface area contributed by atoms with Crippen LogP contribution in [0.15, 0.2) is 34.9 Å². The number of anilines is 1. The summed E-state index contributed by atoms with van der Waals surface area (Å²) >= 11 is 0. The van der Waals surface area contributed by atoms with Crippen LogP contribution in [0.2, 0.25) is 0 Å². The maximum atomic E-state index is 5.66. The van der Waals surface area contributed by atoms with E-state index >= 15 is 0 Å². The van der Waals surface area contributed by atoms with Gasteiger partial charge in [-0.2, -0.15) is 4.52 Å². The molecule has 0 aliphatic heterocycles. The molecule has 3 aromatic heterocycles. The zero-order valence-electron chi connectivity index (χ0n) is 14.7. The topological polar surface area (TPSA) is 71.5 Å². The van der Waals surface area contributed by atoms with Crippen molar-refractivity contribution >= 4 is 11.5 Å². The van der Waals surface area contributed by atoms with Gasteiger partial charge in [0.2, 0.25) is 0 Å². The number of rotatable bonds is 8. The fourth-order valence-corrected chi connectivity index (χ4v) is 3.25. The minimum Gasteiger partial charge on any atom is -0.468 e. The summed E-state index contributed by atoms with van der Waals surface area (Å²) in [5.41, 5.74) is 0.804. The molecule has 0 unspecified atom stereocenters. The average molecular weight is 340 g/mol. The van der Waals surface area contributed by atoms with Gasteiger partial charge in [0.25, 0.3) is 0 Å². The average Bonchev–Trinajstić information content (AvgIpc) is 3.18. The van der Waals surface area contributed by atoms with Crippen LogP contribution in [0.5, 0.6) is 0 Å². The highest BCUT2D eigenvalue weighted by molar-refractivity contribution is 5.44. The van der Waals surface area contributed by atoms with Gasteiger partial charge < -0.3 is 9.73 Å². The summed E-state index contributed by atoms with van der Waals surface area (Å²) in [7, 11) is 0. The molecule has 1 atom stereocenters. The van der Waals surface area contributed by atoms with Crippen LogP contribution in [-0.2, 0) is 0 Å². The third-order valence-electron chi connectivity index (χ3n) is 4.83. The molecule has 0 bridgehead atoms. The Morgan fingerprint density at radius 3 is 2.76 bits per heavy atom. The van der Waals surface area contributed by atoms with Gasteiger partial charge >= 0.3 is 0 Å². The summed E-state index contributed by atoms with van der Waals surface area (Å²) in [6.45, 7) is 7.00. The van der Waals surface area contributed by atoms with E-state index in [2.05, 4.69) is 34.3 Å². The molecule has 1 aliphatic carbocycles. The Morgan fingerprint density at radius 1 is 1.24 bits per heavy atom. The van der Waals surface area contributed by atoms with Crippen LogP contribution < -0.4 is 5.32 Å². The summed E-state index contributed by atoms with van der Waals surface area (Å²) in [5.74, 6) is 3.30. The second-order valence-electron chi connectivity index (χ2n) is 6.45. The lowest BCUT2D eigenvalue weighted by Gasteiger charge is -2.28. The summed E-state index contributed by atoms with van der Waals surface area (Å²) < 4.78 is 7.53. The van der Waals surface area contributed by atoms with E-state index in [1.54, 1.807) is 6.26 Å². The molecule has 1 aliphatic rings. The van der Waals surface area contributed by atoms with Gasteiger partial charge in [-0.1, -0.05) is 13.8 Å². The lowest BCUT2D eigenvalue weighted by atomic mass is 10.2. The molecule has 4 rings (SSSR count). The highest BCUT2D eigenvalue weighted by Gasteiger charge is 2.29. The van der Waals surface area contributed by atoms with E-state index in [0.29, 0.717) is 5.92 Å². The monoisotopic (exact) mass is 340 g/mol. The smallest absolute Gasteiger partial charge is 0.178 e. The van der Waals surface area contributed by atoms with E-state index in [-0.39, 0.29) is 6.04 Å². The van der Waals surface area contributed by atoms with Crippen molar-refractivity contribution in [2.75, 3.05) is 25.0 Å². The zero-order valence-corrected chi connectivity index (χ0v) is 14.7. The van der Waals surface area contributed by atoms with Crippen molar-refractivity contribution in [1.29, 1.82) is 0 Å². The predicted octanol–water partition coefficient (Wildman–Crippen LogP) is 3.09. The van der Waals surface area contributed by atoms with E-state index in [9.17, 15) is 0 Å². The van der Waals surface area contributed by atoms with Gasteiger partial charge in [-0.05, 0) is 50.2 Å². The number of furan rings is 1. The Hall–Kier alpha value is -2.41. The van der Waals surface area contributed by atoms with Crippen LogP contribution in [0.4, 0.5) is 5.82 Å². The molecule has 7 heteroatoms. The molecule has 0 radical (unpaired) electrons. The molecule has 0 aromatic carbocycles. The summed E-state index contributed by atoms with van der Waals surface area (Å²) in [6, 6.07) is 8.07. The van der Waals surface area contributed by atoms with Crippen LogP contribution in [0, 0.1) is 0 Å². The van der Waals surface area contributed by atoms with Gasteiger partial charge in [-0.15, -0.1) is 15.3 Å². The minimum absolute atomic E-state index is 0.173. The van der Waals surface area contributed by atoms with Crippen LogP contribution in [-0.4, -0.2) is 44.3 Å². The molecule has 1 N–H and O–H groups in total. The quantitative estimate of drug-likeness (QED) is 0.679. The Labute approximate surface area is 147 Å². The molecular formula is C18H24N6O. The highest BCUT2D eigenvalue weighted by Crippen LogP contribution is 2.38. The Balaban J connectivity index is 1.54. The van der Waals surface area contributed by atoms with Crippen LogP contribution >= 0.6 is 0 Å². The second-order valence-corrected chi connectivity index (χ2v) is 6.45. The number of hydrogen-bond acceptors (Lipinski definition) is 6. The Bertz CT molecular complexity index is 819. The van der Waals surface area contributed by atoms with Crippen molar-refractivity contribution in [2.45, 2.75) is 38.6 Å². The van der Waals surface area contributed by atoms with Crippen molar-refractivity contribution in [2.24, 2.45) is 0 Å². The molecule has 1 saturated carbocycles. The van der Waals surface area contributed by atoms with E-state index in [4.69, 9.17) is 9.52 Å². The first-order chi connectivity index (χ1) is 12.3. The summed E-state index contributed by atoms with van der Waals surface area (Å²) in [6.07, 6.45) is 4.10. The number of nitrogens with zero attached hydrogens (tertiary/aromatic N) is 5. The zero-order chi connectivity index (χ0) is 17.2. The third kappa shape index (κ3) is 3.24. The molecule has 1 fully saturated rings. The molecule has 7 nitrogen and oxygen atoms in total. The van der Waals surface area contributed by atoms with Crippen molar-refractivity contribution in [3.05, 3.63) is 42.1 Å². The fourth-order valence-electron chi connectivity index (χ4n) is 3.25. The van der Waals surface area contributed by atoms with Crippen LogP contribution in [0.25, 0.3) is 5.65 Å². The van der Waals surface area contributed by atoms with Gasteiger partial charge in [0.15, 0.2) is 11.5 Å². The molecule has 25 heavy (non-hydrogen) atoms. The third-order valence-corrected chi connectivity index (χ3v) is 4.83. The number of nitrogens with one attached hydrogen (secondary N) is 1. The molecule has 132 valence electrons. The van der Waals surface area contributed by atoms with Gasteiger partial charge in [-0.25, -0.2) is 0 Å². The predicted molar refractivity (Wildman–Crippen MR) is 95.6 cm³/mol. The number of hydrogen-bond donors (Lipinski definition) is 1. The van der Waals surface area contributed by atoms with E-state index in [1.807, 2.05) is 28.8 Å². The van der Waals surface area contributed by atoms with Crippen molar-refractivity contribution < 1.29 is 4.42 Å². The lowest BCUT2D eigenvalue weighted by Crippen LogP contribution is -2.33. The van der Waals surface area contributed by atoms with Crippen LogP contribution in [0.1, 0.15) is 50.2 Å². The Kier molecular flexibility index (Phi) is 4.40. The molecular weight excluding hydrogens is 316 g/mol. The number of aromatic nitrogens is 4. The first kappa shape index (κ1) is 16.1. The summed E-state index contributed by atoms with van der Waals surface area (Å²) in [4.78, 5) is 2.37. The van der Waals surface area contributed by atoms with Gasteiger partial charge in [-0.3, -0.25) is 4.90 Å². The van der Waals surface area contributed by atoms with Gasteiger partial charge in [0, 0.05) is 12.5 Å². The van der Waals surface area contributed by atoms with Crippen molar-refractivity contribution in [1.82, 2.24) is 24.7 Å². The second kappa shape index (κ2) is 6.84. The molecule has 3 heterocycles. The van der Waals surface area contributed by atoms with Crippen molar-refractivity contribution in [3.8, 4) is 0 Å². The largest absolute Gasteiger partial charge is 0.468 e. The SMILES string of the molecule is CCN(CC)[C@H](CNc1ccc2nnc(C3CC3)n2n1)c1ccco1. The highest BCUT2D eigenvalue weighted by atomic mass is 16.3. The standard InChI is InChI=1S/C18H24N6O/c1-3-23(4-2)14(15-6-5-11-25-15)12-19-16-9-10-17-20-21-18(13-7-8-13)24(17)22-16/h5-6,9-11,13-14H,3-4,7-8,12H2,1-2H3,(H,19,22)/t14-/m1/s1. The maximum absolute atomic E-state index is 5.66. The van der Waals surface area contributed by atoms with Gasteiger partial charge in [0.05, 0.1) is 12.3 Å². The fraction of sp³-hybridized carbons (Fsp3) is 0.500. The van der Waals surface area contributed by atoms with Crippen LogP contribution in [0.3, 0.4) is 0 Å². The maximum Gasteiger partial charge on any atom is 0.178 e. The molecule has 3 aromatic rings. The van der Waals surface area contributed by atoms with E-state index in [1.165, 1.54) is 12.8 Å². The first-order valence-electron chi connectivity index (χ1n) is 9.03.